The molecule has 0 spiro atoms. The minimum atomic E-state index is -0.190. The monoisotopic (exact) mass is 264 g/mol. The molecular weight excluding hydrogens is 243 g/mol. The number of rotatable bonds is 4. The molecule has 1 aliphatic heterocycles. The summed E-state index contributed by atoms with van der Waals surface area (Å²) in [6.45, 7) is 3.15. The lowest BCUT2D eigenvalue weighted by Crippen LogP contribution is -2.41. The highest BCUT2D eigenvalue weighted by molar-refractivity contribution is 5.81. The number of aryl methyl sites for hydroxylation is 1. The normalized spacial score (nSPS) is 19.6. The van der Waals surface area contributed by atoms with Gasteiger partial charge in [-0.1, -0.05) is 25.1 Å². The van der Waals surface area contributed by atoms with Crippen molar-refractivity contribution in [3.8, 4) is 0 Å². The number of carbonyl (C=O) groups is 1. The van der Waals surface area contributed by atoms with Crippen molar-refractivity contribution < 1.29 is 9.18 Å². The van der Waals surface area contributed by atoms with Gasteiger partial charge in [0.05, 0.1) is 6.04 Å². The van der Waals surface area contributed by atoms with Crippen LogP contribution in [0.5, 0.6) is 0 Å². The number of likely N-dealkylation sites (N-methyl/N-ethyl adjacent to an activating group) is 1. The van der Waals surface area contributed by atoms with Crippen molar-refractivity contribution in [2.24, 2.45) is 0 Å². The van der Waals surface area contributed by atoms with Crippen LogP contribution in [0.15, 0.2) is 18.2 Å². The first-order valence-electron chi connectivity index (χ1n) is 6.87. The number of likely N-dealkylation sites (tertiary alicyclic amines) is 1. The molecule has 1 atom stereocenters. The van der Waals surface area contributed by atoms with E-state index >= 15 is 0 Å². The fourth-order valence-electron chi connectivity index (χ4n) is 2.58. The second kappa shape index (κ2) is 6.15. The molecule has 1 aromatic rings. The average Bonchev–Trinajstić information content (AvgIpc) is 2.83. The molecule has 4 heteroatoms. The Balaban J connectivity index is 1.97. The van der Waals surface area contributed by atoms with Crippen molar-refractivity contribution in [2.45, 2.75) is 38.8 Å². The Hall–Kier alpha value is -1.42. The fourth-order valence-corrected chi connectivity index (χ4v) is 2.58. The first kappa shape index (κ1) is 14.0. The van der Waals surface area contributed by atoms with E-state index in [1.165, 1.54) is 0 Å². The van der Waals surface area contributed by atoms with Gasteiger partial charge in [0, 0.05) is 12.1 Å². The van der Waals surface area contributed by atoms with Crippen LogP contribution in [0.25, 0.3) is 0 Å². The van der Waals surface area contributed by atoms with Gasteiger partial charge in [0.1, 0.15) is 5.82 Å². The molecule has 0 aromatic heterocycles. The number of amides is 1. The summed E-state index contributed by atoms with van der Waals surface area (Å²) in [5, 5.41) is 2.84. The highest BCUT2D eigenvalue weighted by Gasteiger charge is 2.27. The van der Waals surface area contributed by atoms with Crippen molar-refractivity contribution >= 4 is 5.91 Å². The molecule has 1 saturated heterocycles. The van der Waals surface area contributed by atoms with Crippen LogP contribution < -0.4 is 5.32 Å². The zero-order valence-corrected chi connectivity index (χ0v) is 11.6. The molecule has 0 bridgehead atoms. The minimum Gasteiger partial charge on any atom is -0.351 e. The zero-order valence-electron chi connectivity index (χ0n) is 11.6. The Kier molecular flexibility index (Phi) is 4.53. The molecule has 1 amide bonds. The van der Waals surface area contributed by atoms with E-state index in [1.54, 1.807) is 12.1 Å². The second-order valence-electron chi connectivity index (χ2n) is 5.10. The highest BCUT2D eigenvalue weighted by Crippen LogP contribution is 2.16. The van der Waals surface area contributed by atoms with Crippen LogP contribution in [-0.2, 0) is 17.8 Å². The molecule has 3 nitrogen and oxygen atoms in total. The van der Waals surface area contributed by atoms with Gasteiger partial charge in [-0.2, -0.15) is 0 Å². The van der Waals surface area contributed by atoms with Crippen LogP contribution in [0.4, 0.5) is 4.39 Å². The first-order valence-corrected chi connectivity index (χ1v) is 6.87. The smallest absolute Gasteiger partial charge is 0.237 e. The Morgan fingerprint density at radius 2 is 2.21 bits per heavy atom. The molecule has 0 aliphatic carbocycles. The van der Waals surface area contributed by atoms with Crippen LogP contribution in [-0.4, -0.2) is 30.4 Å². The van der Waals surface area contributed by atoms with Gasteiger partial charge in [0.15, 0.2) is 0 Å². The third-order valence-electron chi connectivity index (χ3n) is 3.82. The molecule has 2 rings (SSSR count). The Morgan fingerprint density at radius 3 is 2.84 bits per heavy atom. The quantitative estimate of drug-likeness (QED) is 0.903. The molecule has 1 N–H and O–H groups in total. The Labute approximate surface area is 113 Å². The van der Waals surface area contributed by atoms with Gasteiger partial charge < -0.3 is 5.32 Å². The van der Waals surface area contributed by atoms with E-state index in [0.717, 1.165) is 19.4 Å². The van der Waals surface area contributed by atoms with Gasteiger partial charge in [-0.15, -0.1) is 0 Å². The second-order valence-corrected chi connectivity index (χ2v) is 5.10. The van der Waals surface area contributed by atoms with Gasteiger partial charge in [0.25, 0.3) is 0 Å². The maximum Gasteiger partial charge on any atom is 0.237 e. The maximum atomic E-state index is 14.0. The summed E-state index contributed by atoms with van der Waals surface area (Å²) < 4.78 is 14.0. The molecule has 1 fully saturated rings. The van der Waals surface area contributed by atoms with E-state index in [1.807, 2.05) is 24.9 Å². The third kappa shape index (κ3) is 3.13. The minimum absolute atomic E-state index is 0.00121. The van der Waals surface area contributed by atoms with Crippen LogP contribution in [0.2, 0.25) is 0 Å². The summed E-state index contributed by atoms with van der Waals surface area (Å²) in [5.41, 5.74) is 1.26. The van der Waals surface area contributed by atoms with Gasteiger partial charge in [-0.05, 0) is 38.4 Å². The van der Waals surface area contributed by atoms with E-state index in [-0.39, 0.29) is 24.3 Å². The Morgan fingerprint density at radius 1 is 1.47 bits per heavy atom. The van der Waals surface area contributed by atoms with Crippen LogP contribution in [0, 0.1) is 5.82 Å². The summed E-state index contributed by atoms with van der Waals surface area (Å²) in [5.74, 6) is -0.189. The van der Waals surface area contributed by atoms with E-state index in [2.05, 4.69) is 5.32 Å². The summed E-state index contributed by atoms with van der Waals surface area (Å²) in [6.07, 6.45) is 2.60. The SMILES string of the molecule is CCc1cccc(CNC(=O)C2CCCN2C)c1F. The molecule has 1 heterocycles. The number of carbonyl (C=O) groups excluding carboxylic acids is 1. The summed E-state index contributed by atoms with van der Waals surface area (Å²) in [7, 11) is 1.95. The van der Waals surface area contributed by atoms with Gasteiger partial charge >= 0.3 is 0 Å². The summed E-state index contributed by atoms with van der Waals surface area (Å²) in [6, 6.07) is 5.29. The molecular formula is C15H21FN2O. The van der Waals surface area contributed by atoms with E-state index in [9.17, 15) is 9.18 Å². The fraction of sp³-hybridized carbons (Fsp3) is 0.533. The standard InChI is InChI=1S/C15H21FN2O/c1-3-11-6-4-7-12(14(11)16)10-17-15(19)13-8-5-9-18(13)2/h4,6-7,13H,3,5,8-10H2,1-2H3,(H,17,19). The lowest BCUT2D eigenvalue weighted by Gasteiger charge is -2.18. The predicted molar refractivity (Wildman–Crippen MR) is 73.3 cm³/mol. The molecule has 0 radical (unpaired) electrons. The number of halogens is 1. The molecule has 1 aromatic carbocycles. The van der Waals surface area contributed by atoms with Crippen LogP contribution >= 0.6 is 0 Å². The van der Waals surface area contributed by atoms with Crippen molar-refractivity contribution in [1.82, 2.24) is 10.2 Å². The largest absolute Gasteiger partial charge is 0.351 e. The van der Waals surface area contributed by atoms with Crippen molar-refractivity contribution in [3.63, 3.8) is 0 Å². The van der Waals surface area contributed by atoms with Crippen molar-refractivity contribution in [2.75, 3.05) is 13.6 Å². The van der Waals surface area contributed by atoms with E-state index < -0.39 is 0 Å². The zero-order chi connectivity index (χ0) is 13.8. The van der Waals surface area contributed by atoms with Gasteiger partial charge in [-0.3, -0.25) is 9.69 Å². The third-order valence-corrected chi connectivity index (χ3v) is 3.82. The molecule has 104 valence electrons. The van der Waals surface area contributed by atoms with Crippen molar-refractivity contribution in [1.29, 1.82) is 0 Å². The summed E-state index contributed by atoms with van der Waals surface area (Å²) >= 11 is 0. The number of hydrogen-bond donors (Lipinski definition) is 1. The van der Waals surface area contributed by atoms with E-state index in [0.29, 0.717) is 17.5 Å². The number of nitrogens with zero attached hydrogens (tertiary/aromatic N) is 1. The van der Waals surface area contributed by atoms with Gasteiger partial charge in [-0.25, -0.2) is 4.39 Å². The number of hydrogen-bond acceptors (Lipinski definition) is 2. The lowest BCUT2D eigenvalue weighted by molar-refractivity contribution is -0.125. The number of nitrogens with one attached hydrogen (secondary N) is 1. The van der Waals surface area contributed by atoms with Crippen LogP contribution in [0.1, 0.15) is 30.9 Å². The van der Waals surface area contributed by atoms with Crippen LogP contribution in [0.3, 0.4) is 0 Å². The summed E-state index contributed by atoms with van der Waals surface area (Å²) in [4.78, 5) is 14.1. The predicted octanol–water partition coefficient (Wildman–Crippen LogP) is 2.10. The topological polar surface area (TPSA) is 32.3 Å². The first-order chi connectivity index (χ1) is 9.13. The molecule has 1 aliphatic rings. The Bertz CT molecular complexity index is 461. The van der Waals surface area contributed by atoms with Gasteiger partial charge in [0.2, 0.25) is 5.91 Å². The van der Waals surface area contributed by atoms with E-state index in [4.69, 9.17) is 0 Å². The molecule has 19 heavy (non-hydrogen) atoms. The highest BCUT2D eigenvalue weighted by atomic mass is 19.1. The van der Waals surface area contributed by atoms with Crippen molar-refractivity contribution in [3.05, 3.63) is 35.1 Å². The molecule has 1 unspecified atom stereocenters. The lowest BCUT2D eigenvalue weighted by atomic mass is 10.1. The average molecular weight is 264 g/mol. The molecule has 0 saturated carbocycles. The number of benzene rings is 1. The maximum absolute atomic E-state index is 14.0.